The zero-order valence-electron chi connectivity index (χ0n) is 11.9. The Kier molecular flexibility index (Phi) is 4.34. The van der Waals surface area contributed by atoms with Gasteiger partial charge in [0.25, 0.3) is 0 Å². The molecule has 7 nitrogen and oxygen atoms in total. The highest BCUT2D eigenvalue weighted by Crippen LogP contribution is 2.32. The lowest BCUT2D eigenvalue weighted by molar-refractivity contribution is -0.384. The van der Waals surface area contributed by atoms with Gasteiger partial charge >= 0.3 is 5.69 Å². The first-order valence-electron chi connectivity index (χ1n) is 6.53. The number of nitrogens with zero attached hydrogens (tertiary/aromatic N) is 3. The Morgan fingerprint density at radius 1 is 1.38 bits per heavy atom. The molecule has 0 radical (unpaired) electrons. The van der Waals surface area contributed by atoms with Crippen LogP contribution < -0.4 is 16.2 Å². The van der Waals surface area contributed by atoms with E-state index >= 15 is 0 Å². The predicted octanol–water partition coefficient (Wildman–Crippen LogP) is 2.74. The van der Waals surface area contributed by atoms with Gasteiger partial charge in [-0.25, -0.2) is 10.8 Å². The SMILES string of the molecule is CCN(c1cccc(C)c1)c1nc(NN)ccc1[N+](=O)[O-]. The zero-order valence-corrected chi connectivity index (χ0v) is 11.9. The van der Waals surface area contributed by atoms with Crippen LogP contribution in [-0.2, 0) is 0 Å². The first-order valence-corrected chi connectivity index (χ1v) is 6.53. The average Bonchev–Trinajstić information content (AvgIpc) is 2.47. The predicted molar refractivity (Wildman–Crippen MR) is 82.6 cm³/mol. The third-order valence-electron chi connectivity index (χ3n) is 3.08. The molecule has 1 heterocycles. The molecule has 110 valence electrons. The number of rotatable bonds is 5. The summed E-state index contributed by atoms with van der Waals surface area (Å²) >= 11 is 0. The number of hydrogen-bond acceptors (Lipinski definition) is 6. The molecule has 0 spiro atoms. The number of pyridine rings is 1. The fourth-order valence-corrected chi connectivity index (χ4v) is 2.11. The van der Waals surface area contributed by atoms with E-state index in [2.05, 4.69) is 10.4 Å². The van der Waals surface area contributed by atoms with Gasteiger partial charge in [-0.3, -0.25) is 10.1 Å². The van der Waals surface area contributed by atoms with Crippen LogP contribution in [0.15, 0.2) is 36.4 Å². The minimum absolute atomic E-state index is 0.0580. The summed E-state index contributed by atoms with van der Waals surface area (Å²) in [6.45, 7) is 4.43. The highest BCUT2D eigenvalue weighted by Gasteiger charge is 2.22. The zero-order chi connectivity index (χ0) is 15.4. The van der Waals surface area contributed by atoms with Crippen LogP contribution in [-0.4, -0.2) is 16.5 Å². The second-order valence-corrected chi connectivity index (χ2v) is 4.52. The number of aryl methyl sites for hydroxylation is 1. The number of hydrogen-bond donors (Lipinski definition) is 2. The fourth-order valence-electron chi connectivity index (χ4n) is 2.11. The molecule has 0 bridgehead atoms. The van der Waals surface area contributed by atoms with E-state index in [1.165, 1.54) is 12.1 Å². The lowest BCUT2D eigenvalue weighted by Crippen LogP contribution is -2.20. The number of nitrogens with one attached hydrogen (secondary N) is 1. The van der Waals surface area contributed by atoms with E-state index in [9.17, 15) is 10.1 Å². The van der Waals surface area contributed by atoms with Gasteiger partial charge in [0.15, 0.2) is 0 Å². The average molecular weight is 287 g/mol. The van der Waals surface area contributed by atoms with Crippen LogP contribution in [0.25, 0.3) is 0 Å². The molecule has 1 aromatic carbocycles. The van der Waals surface area contributed by atoms with Crippen LogP contribution >= 0.6 is 0 Å². The molecule has 0 aliphatic rings. The van der Waals surface area contributed by atoms with Crippen molar-refractivity contribution in [2.45, 2.75) is 13.8 Å². The summed E-state index contributed by atoms with van der Waals surface area (Å²) in [4.78, 5) is 16.8. The van der Waals surface area contributed by atoms with E-state index in [4.69, 9.17) is 5.84 Å². The number of nitro groups is 1. The van der Waals surface area contributed by atoms with Crippen molar-refractivity contribution in [2.24, 2.45) is 5.84 Å². The molecule has 0 saturated heterocycles. The Labute approximate surface area is 122 Å². The molecular formula is C14H17N5O2. The Bertz CT molecular complexity index is 660. The first kappa shape index (κ1) is 14.7. The van der Waals surface area contributed by atoms with Gasteiger partial charge in [0.05, 0.1) is 4.92 Å². The van der Waals surface area contributed by atoms with Crippen molar-refractivity contribution in [2.75, 3.05) is 16.9 Å². The van der Waals surface area contributed by atoms with Gasteiger partial charge in [0, 0.05) is 18.3 Å². The topological polar surface area (TPSA) is 97.3 Å². The third kappa shape index (κ3) is 3.09. The van der Waals surface area contributed by atoms with E-state index < -0.39 is 4.92 Å². The second-order valence-electron chi connectivity index (χ2n) is 4.52. The largest absolute Gasteiger partial charge is 0.321 e. The third-order valence-corrected chi connectivity index (χ3v) is 3.08. The normalized spacial score (nSPS) is 10.2. The van der Waals surface area contributed by atoms with Gasteiger partial charge in [-0.1, -0.05) is 12.1 Å². The van der Waals surface area contributed by atoms with Gasteiger partial charge in [0.1, 0.15) is 5.82 Å². The van der Waals surface area contributed by atoms with Crippen molar-refractivity contribution >= 4 is 23.0 Å². The van der Waals surface area contributed by atoms with Crippen molar-refractivity contribution in [3.8, 4) is 0 Å². The van der Waals surface area contributed by atoms with Crippen molar-refractivity contribution in [3.05, 3.63) is 52.1 Å². The maximum absolute atomic E-state index is 11.2. The van der Waals surface area contributed by atoms with Gasteiger partial charge in [-0.2, -0.15) is 0 Å². The molecule has 7 heteroatoms. The summed E-state index contributed by atoms with van der Waals surface area (Å²) in [6.07, 6.45) is 0. The van der Waals surface area contributed by atoms with Gasteiger partial charge in [-0.05, 0) is 37.6 Å². The monoisotopic (exact) mass is 287 g/mol. The van der Waals surface area contributed by atoms with Crippen LogP contribution in [0.2, 0.25) is 0 Å². The molecule has 21 heavy (non-hydrogen) atoms. The molecule has 0 amide bonds. The van der Waals surface area contributed by atoms with Crippen molar-refractivity contribution in [1.82, 2.24) is 4.98 Å². The highest BCUT2D eigenvalue weighted by atomic mass is 16.6. The van der Waals surface area contributed by atoms with E-state index in [-0.39, 0.29) is 11.5 Å². The van der Waals surface area contributed by atoms with Gasteiger partial charge in [0.2, 0.25) is 5.82 Å². The van der Waals surface area contributed by atoms with Crippen LogP contribution in [0.1, 0.15) is 12.5 Å². The Hall–Kier alpha value is -2.67. The summed E-state index contributed by atoms with van der Waals surface area (Å²) in [5, 5.41) is 11.2. The number of aromatic nitrogens is 1. The summed E-state index contributed by atoms with van der Waals surface area (Å²) in [5.41, 5.74) is 4.28. The number of anilines is 3. The number of nitrogen functional groups attached to an aromatic ring is 1. The molecule has 2 rings (SSSR count). The standard InChI is InChI=1S/C14H17N5O2/c1-3-18(11-6-4-5-10(2)9-11)14-12(19(20)21)7-8-13(16-14)17-15/h4-9H,3,15H2,1-2H3,(H,16,17). The van der Waals surface area contributed by atoms with Gasteiger partial charge < -0.3 is 10.3 Å². The molecule has 3 N–H and O–H groups in total. The van der Waals surface area contributed by atoms with E-state index in [0.717, 1.165) is 11.3 Å². The molecule has 0 saturated carbocycles. The minimum Gasteiger partial charge on any atom is -0.321 e. The van der Waals surface area contributed by atoms with Crippen LogP contribution in [0.3, 0.4) is 0 Å². The molecule has 0 atom stereocenters. The Morgan fingerprint density at radius 2 is 2.14 bits per heavy atom. The summed E-state index contributed by atoms with van der Waals surface area (Å²) in [5.74, 6) is 5.99. The lowest BCUT2D eigenvalue weighted by Gasteiger charge is -2.22. The number of nitrogens with two attached hydrogens (primary N) is 1. The van der Waals surface area contributed by atoms with E-state index in [1.807, 2.05) is 38.1 Å². The van der Waals surface area contributed by atoms with Crippen molar-refractivity contribution < 1.29 is 4.92 Å². The van der Waals surface area contributed by atoms with E-state index in [1.54, 1.807) is 4.90 Å². The molecule has 0 aliphatic heterocycles. The Morgan fingerprint density at radius 3 is 2.71 bits per heavy atom. The van der Waals surface area contributed by atoms with Crippen molar-refractivity contribution in [1.29, 1.82) is 0 Å². The van der Waals surface area contributed by atoms with Crippen LogP contribution in [0.4, 0.5) is 23.0 Å². The Balaban J connectivity index is 2.57. The molecule has 0 fully saturated rings. The molecule has 2 aromatic rings. The maximum Gasteiger partial charge on any atom is 0.312 e. The van der Waals surface area contributed by atoms with Crippen LogP contribution in [0, 0.1) is 17.0 Å². The minimum atomic E-state index is -0.443. The number of benzene rings is 1. The van der Waals surface area contributed by atoms with Gasteiger partial charge in [-0.15, -0.1) is 0 Å². The smallest absolute Gasteiger partial charge is 0.312 e. The summed E-state index contributed by atoms with van der Waals surface area (Å²) in [6, 6.07) is 10.6. The summed E-state index contributed by atoms with van der Waals surface area (Å²) < 4.78 is 0. The number of hydrazine groups is 1. The summed E-state index contributed by atoms with van der Waals surface area (Å²) in [7, 11) is 0. The lowest BCUT2D eigenvalue weighted by atomic mass is 10.2. The van der Waals surface area contributed by atoms with Crippen molar-refractivity contribution in [3.63, 3.8) is 0 Å². The molecule has 1 aromatic heterocycles. The molecule has 0 aliphatic carbocycles. The fraction of sp³-hybridized carbons (Fsp3) is 0.214. The quantitative estimate of drug-likeness (QED) is 0.498. The first-order chi connectivity index (χ1) is 10.1. The second kappa shape index (κ2) is 6.19. The van der Waals surface area contributed by atoms with Crippen LogP contribution in [0.5, 0.6) is 0 Å². The highest BCUT2D eigenvalue weighted by molar-refractivity contribution is 5.70. The molecule has 0 unspecified atom stereocenters. The maximum atomic E-state index is 11.2. The van der Waals surface area contributed by atoms with E-state index in [0.29, 0.717) is 12.4 Å². The molecular weight excluding hydrogens is 270 g/mol.